The minimum Gasteiger partial charge on any atom is -0.398 e. The van der Waals surface area contributed by atoms with Gasteiger partial charge in [0.25, 0.3) is 0 Å². The monoisotopic (exact) mass is 219 g/mol. The molecule has 1 amide bonds. The van der Waals surface area contributed by atoms with Gasteiger partial charge in [0.2, 0.25) is 5.91 Å². The van der Waals surface area contributed by atoms with Crippen LogP contribution in [0.4, 0.5) is 5.69 Å². The van der Waals surface area contributed by atoms with Gasteiger partial charge in [0.05, 0.1) is 6.54 Å². The maximum absolute atomic E-state index is 11.5. The van der Waals surface area contributed by atoms with Gasteiger partial charge in [-0.3, -0.25) is 9.69 Å². The predicted molar refractivity (Wildman–Crippen MR) is 63.8 cm³/mol. The molecule has 1 heterocycles. The fourth-order valence-corrected chi connectivity index (χ4v) is 1.86. The van der Waals surface area contributed by atoms with Crippen molar-refractivity contribution < 1.29 is 4.79 Å². The number of benzene rings is 1. The second-order valence-corrected chi connectivity index (χ2v) is 4.22. The topological polar surface area (TPSA) is 49.6 Å². The van der Waals surface area contributed by atoms with E-state index in [1.807, 2.05) is 31.3 Å². The number of carbonyl (C=O) groups is 1. The van der Waals surface area contributed by atoms with Gasteiger partial charge in [-0.25, -0.2) is 0 Å². The minimum atomic E-state index is 0.181. The number of likely N-dealkylation sites (N-methyl/N-ethyl adjacent to an activating group) is 1. The van der Waals surface area contributed by atoms with E-state index in [0.29, 0.717) is 6.54 Å². The summed E-state index contributed by atoms with van der Waals surface area (Å²) in [5.74, 6) is 0.181. The summed E-state index contributed by atoms with van der Waals surface area (Å²) in [4.78, 5) is 15.4. The van der Waals surface area contributed by atoms with Crippen LogP contribution in [0.25, 0.3) is 0 Å². The van der Waals surface area contributed by atoms with Crippen molar-refractivity contribution in [1.82, 2.24) is 9.80 Å². The van der Waals surface area contributed by atoms with E-state index in [-0.39, 0.29) is 5.91 Å². The Balaban J connectivity index is 2.01. The molecule has 0 atom stereocenters. The molecular weight excluding hydrogens is 202 g/mol. The van der Waals surface area contributed by atoms with E-state index < -0.39 is 0 Å². The zero-order valence-electron chi connectivity index (χ0n) is 9.52. The standard InChI is InChI=1S/C12H17N3O/c1-14-6-7-15(9-12(14)16)8-10-4-2-3-5-11(10)13/h2-5H,6-9,13H2,1H3. The molecule has 86 valence electrons. The first-order valence-corrected chi connectivity index (χ1v) is 5.46. The maximum atomic E-state index is 11.5. The normalized spacial score (nSPS) is 17.8. The highest BCUT2D eigenvalue weighted by atomic mass is 16.2. The lowest BCUT2D eigenvalue weighted by Gasteiger charge is -2.32. The number of amides is 1. The van der Waals surface area contributed by atoms with Gasteiger partial charge in [0.15, 0.2) is 0 Å². The van der Waals surface area contributed by atoms with E-state index in [4.69, 9.17) is 5.73 Å². The molecule has 1 fully saturated rings. The third-order valence-electron chi connectivity index (χ3n) is 2.99. The summed E-state index contributed by atoms with van der Waals surface area (Å²) in [7, 11) is 1.84. The van der Waals surface area contributed by atoms with Crippen molar-refractivity contribution in [2.24, 2.45) is 0 Å². The number of nitrogens with two attached hydrogens (primary N) is 1. The Morgan fingerprint density at radius 3 is 2.75 bits per heavy atom. The lowest BCUT2D eigenvalue weighted by Crippen LogP contribution is -2.48. The molecule has 1 aliphatic rings. The number of nitrogens with zero attached hydrogens (tertiary/aromatic N) is 2. The van der Waals surface area contributed by atoms with E-state index in [1.54, 1.807) is 4.90 Å². The van der Waals surface area contributed by atoms with Gasteiger partial charge in [-0.2, -0.15) is 0 Å². The van der Waals surface area contributed by atoms with Crippen LogP contribution in [0.15, 0.2) is 24.3 Å². The molecule has 0 aromatic heterocycles. The Labute approximate surface area is 95.6 Å². The molecule has 1 aliphatic heterocycles. The highest BCUT2D eigenvalue weighted by molar-refractivity contribution is 5.78. The van der Waals surface area contributed by atoms with Crippen molar-refractivity contribution in [3.63, 3.8) is 0 Å². The second-order valence-electron chi connectivity index (χ2n) is 4.22. The molecule has 0 aliphatic carbocycles. The highest BCUT2D eigenvalue weighted by Crippen LogP contribution is 2.14. The number of hydrogen-bond donors (Lipinski definition) is 1. The number of nitrogen functional groups attached to an aromatic ring is 1. The van der Waals surface area contributed by atoms with Crippen molar-refractivity contribution in [2.75, 3.05) is 32.4 Å². The van der Waals surface area contributed by atoms with Crippen molar-refractivity contribution in [3.8, 4) is 0 Å². The Morgan fingerprint density at radius 2 is 2.06 bits per heavy atom. The molecule has 2 rings (SSSR count). The zero-order valence-corrected chi connectivity index (χ0v) is 9.52. The quantitative estimate of drug-likeness (QED) is 0.739. The summed E-state index contributed by atoms with van der Waals surface area (Å²) in [5, 5.41) is 0. The van der Waals surface area contributed by atoms with Crippen LogP contribution in [0.1, 0.15) is 5.56 Å². The van der Waals surface area contributed by atoms with Gasteiger partial charge in [-0.1, -0.05) is 18.2 Å². The van der Waals surface area contributed by atoms with Gasteiger partial charge in [0, 0.05) is 32.4 Å². The summed E-state index contributed by atoms with van der Waals surface area (Å²) < 4.78 is 0. The Kier molecular flexibility index (Phi) is 3.10. The van der Waals surface area contributed by atoms with Crippen LogP contribution >= 0.6 is 0 Å². The lowest BCUT2D eigenvalue weighted by molar-refractivity contribution is -0.134. The summed E-state index contributed by atoms with van der Waals surface area (Å²) in [5.41, 5.74) is 7.77. The first kappa shape index (κ1) is 11.0. The number of carbonyl (C=O) groups excluding carboxylic acids is 1. The smallest absolute Gasteiger partial charge is 0.236 e. The van der Waals surface area contributed by atoms with Gasteiger partial charge in [-0.15, -0.1) is 0 Å². The summed E-state index contributed by atoms with van der Waals surface area (Å²) in [6.07, 6.45) is 0. The average molecular weight is 219 g/mol. The minimum absolute atomic E-state index is 0.181. The third-order valence-corrected chi connectivity index (χ3v) is 2.99. The highest BCUT2D eigenvalue weighted by Gasteiger charge is 2.20. The number of hydrogen-bond acceptors (Lipinski definition) is 3. The second kappa shape index (κ2) is 4.53. The lowest BCUT2D eigenvalue weighted by atomic mass is 10.1. The molecule has 4 nitrogen and oxygen atoms in total. The third kappa shape index (κ3) is 2.33. The van der Waals surface area contributed by atoms with E-state index in [1.165, 1.54) is 0 Å². The van der Waals surface area contributed by atoms with E-state index >= 15 is 0 Å². The predicted octanol–water partition coefficient (Wildman–Crippen LogP) is 0.543. The first-order valence-electron chi connectivity index (χ1n) is 5.46. The van der Waals surface area contributed by atoms with E-state index in [0.717, 1.165) is 30.9 Å². The summed E-state index contributed by atoms with van der Waals surface area (Å²) in [6, 6.07) is 7.81. The molecule has 0 spiro atoms. The van der Waals surface area contributed by atoms with Gasteiger partial charge in [-0.05, 0) is 11.6 Å². The molecule has 0 bridgehead atoms. The first-order chi connectivity index (χ1) is 7.66. The van der Waals surface area contributed by atoms with Crippen LogP contribution in [0.3, 0.4) is 0 Å². The molecule has 1 aromatic carbocycles. The fourth-order valence-electron chi connectivity index (χ4n) is 1.86. The average Bonchev–Trinajstić information content (AvgIpc) is 2.27. The van der Waals surface area contributed by atoms with Crippen molar-refractivity contribution in [3.05, 3.63) is 29.8 Å². The molecule has 0 saturated carbocycles. The van der Waals surface area contributed by atoms with Crippen LogP contribution in [0, 0.1) is 0 Å². The van der Waals surface area contributed by atoms with Crippen molar-refractivity contribution in [2.45, 2.75) is 6.54 Å². The zero-order chi connectivity index (χ0) is 11.5. The largest absolute Gasteiger partial charge is 0.398 e. The summed E-state index contributed by atoms with van der Waals surface area (Å²) >= 11 is 0. The fraction of sp³-hybridized carbons (Fsp3) is 0.417. The molecule has 2 N–H and O–H groups in total. The SMILES string of the molecule is CN1CCN(Cc2ccccc2N)CC1=O. The molecule has 4 heteroatoms. The molecule has 0 radical (unpaired) electrons. The van der Waals surface area contributed by atoms with Crippen molar-refractivity contribution in [1.29, 1.82) is 0 Å². The van der Waals surface area contributed by atoms with Crippen LogP contribution < -0.4 is 5.73 Å². The molecular formula is C12H17N3O. The molecule has 0 unspecified atom stereocenters. The number of rotatable bonds is 2. The molecule has 1 saturated heterocycles. The summed E-state index contributed by atoms with van der Waals surface area (Å²) in [6.45, 7) is 2.96. The maximum Gasteiger partial charge on any atom is 0.236 e. The van der Waals surface area contributed by atoms with Gasteiger partial charge in [0.1, 0.15) is 0 Å². The Morgan fingerprint density at radius 1 is 1.31 bits per heavy atom. The number of para-hydroxylation sites is 1. The van der Waals surface area contributed by atoms with Crippen LogP contribution in [-0.4, -0.2) is 42.4 Å². The van der Waals surface area contributed by atoms with Gasteiger partial charge < -0.3 is 10.6 Å². The van der Waals surface area contributed by atoms with Gasteiger partial charge >= 0.3 is 0 Å². The number of piperazine rings is 1. The Hall–Kier alpha value is -1.55. The number of anilines is 1. The van der Waals surface area contributed by atoms with Crippen LogP contribution in [0.5, 0.6) is 0 Å². The van der Waals surface area contributed by atoms with E-state index in [2.05, 4.69) is 4.90 Å². The Bertz CT molecular complexity index is 392. The van der Waals surface area contributed by atoms with Crippen LogP contribution in [0.2, 0.25) is 0 Å². The molecule has 16 heavy (non-hydrogen) atoms. The van der Waals surface area contributed by atoms with Crippen LogP contribution in [-0.2, 0) is 11.3 Å². The molecule has 1 aromatic rings. The van der Waals surface area contributed by atoms with Crippen molar-refractivity contribution >= 4 is 11.6 Å². The van der Waals surface area contributed by atoms with E-state index in [9.17, 15) is 4.79 Å².